The fraction of sp³-hybridized carbons (Fsp3) is 0.211. The zero-order valence-electron chi connectivity index (χ0n) is 14.6. The number of hydrogen-bond donors (Lipinski definition) is 2. The van der Waals surface area contributed by atoms with E-state index in [1.54, 1.807) is 0 Å². The number of rotatable bonds is 7. The molecule has 0 heterocycles. The monoisotopic (exact) mass is 390 g/mol. The molecule has 0 aliphatic carbocycles. The molecule has 1 atom stereocenters. The number of benzene rings is 2. The maximum atomic E-state index is 12.1. The second-order valence-electron chi connectivity index (χ2n) is 5.64. The van der Waals surface area contributed by atoms with Crippen molar-refractivity contribution >= 4 is 35.1 Å². The minimum absolute atomic E-state index is 0.0594. The van der Waals surface area contributed by atoms with Crippen LogP contribution in [-0.4, -0.2) is 37.6 Å². The highest BCUT2D eigenvalue weighted by Gasteiger charge is 2.23. The number of anilines is 1. The van der Waals surface area contributed by atoms with Crippen LogP contribution in [0, 0.1) is 0 Å². The van der Waals surface area contributed by atoms with E-state index in [1.165, 1.54) is 25.3 Å². The van der Waals surface area contributed by atoms with Crippen LogP contribution in [0.4, 0.5) is 5.69 Å². The molecule has 2 aromatic carbocycles. The minimum Gasteiger partial charge on any atom is -0.467 e. The van der Waals surface area contributed by atoms with E-state index in [0.29, 0.717) is 5.02 Å². The van der Waals surface area contributed by atoms with Gasteiger partial charge in [-0.2, -0.15) is 0 Å². The Kier molecular flexibility index (Phi) is 7.19. The molecule has 27 heavy (non-hydrogen) atoms. The van der Waals surface area contributed by atoms with E-state index in [-0.39, 0.29) is 17.7 Å². The first-order chi connectivity index (χ1) is 12.9. The molecule has 0 saturated heterocycles. The molecule has 1 amide bonds. The molecule has 7 nitrogen and oxygen atoms in total. The normalized spacial score (nSPS) is 11.3. The molecule has 0 saturated carbocycles. The highest BCUT2D eigenvalue weighted by Crippen LogP contribution is 2.18. The van der Waals surface area contributed by atoms with Gasteiger partial charge in [0.2, 0.25) is 0 Å². The van der Waals surface area contributed by atoms with Crippen LogP contribution in [0.15, 0.2) is 48.5 Å². The van der Waals surface area contributed by atoms with E-state index in [4.69, 9.17) is 26.8 Å². The predicted molar refractivity (Wildman–Crippen MR) is 100 cm³/mol. The smallest absolute Gasteiger partial charge is 0.340 e. The second-order valence-corrected chi connectivity index (χ2v) is 6.08. The summed E-state index contributed by atoms with van der Waals surface area (Å²) in [5.74, 6) is -2.03. The van der Waals surface area contributed by atoms with E-state index in [9.17, 15) is 14.4 Å². The van der Waals surface area contributed by atoms with Gasteiger partial charge in [0, 0.05) is 17.1 Å². The van der Waals surface area contributed by atoms with E-state index >= 15 is 0 Å². The Morgan fingerprint density at radius 2 is 1.85 bits per heavy atom. The van der Waals surface area contributed by atoms with Crippen LogP contribution in [0.5, 0.6) is 0 Å². The third-order valence-corrected chi connectivity index (χ3v) is 3.91. The Labute approximate surface area is 161 Å². The number of carbonyl (C=O) groups is 3. The van der Waals surface area contributed by atoms with Gasteiger partial charge in [0.25, 0.3) is 5.91 Å². The van der Waals surface area contributed by atoms with Crippen molar-refractivity contribution in [2.45, 2.75) is 12.5 Å². The Balaban J connectivity index is 1.96. The van der Waals surface area contributed by atoms with Crippen molar-refractivity contribution in [2.75, 3.05) is 19.5 Å². The number of nitrogens with one attached hydrogen (secondary N) is 1. The summed E-state index contributed by atoms with van der Waals surface area (Å²) in [6, 6.07) is 12.6. The van der Waals surface area contributed by atoms with Gasteiger partial charge in [-0.3, -0.25) is 4.79 Å². The zero-order chi connectivity index (χ0) is 19.8. The Morgan fingerprint density at radius 3 is 2.52 bits per heavy atom. The molecule has 0 aliphatic heterocycles. The number of nitrogen functional groups attached to an aromatic ring is 1. The molecular weight excluding hydrogens is 372 g/mol. The Hall–Kier alpha value is -3.06. The summed E-state index contributed by atoms with van der Waals surface area (Å²) >= 11 is 5.83. The van der Waals surface area contributed by atoms with Gasteiger partial charge in [0.05, 0.1) is 12.7 Å². The van der Waals surface area contributed by atoms with E-state index < -0.39 is 30.5 Å². The van der Waals surface area contributed by atoms with E-state index in [0.717, 1.165) is 5.56 Å². The molecule has 0 spiro atoms. The summed E-state index contributed by atoms with van der Waals surface area (Å²) in [4.78, 5) is 36.1. The van der Waals surface area contributed by atoms with Crippen molar-refractivity contribution in [3.8, 4) is 0 Å². The van der Waals surface area contributed by atoms with Gasteiger partial charge in [0.1, 0.15) is 6.04 Å². The summed E-state index contributed by atoms with van der Waals surface area (Å²) in [5.41, 5.74) is 6.79. The molecular formula is C19H19ClN2O5. The van der Waals surface area contributed by atoms with Crippen LogP contribution in [0.25, 0.3) is 0 Å². The van der Waals surface area contributed by atoms with Gasteiger partial charge in [0.15, 0.2) is 6.61 Å². The lowest BCUT2D eigenvalue weighted by Gasteiger charge is -2.16. The molecule has 142 valence electrons. The Bertz CT molecular complexity index is 826. The molecule has 0 fully saturated rings. The fourth-order valence-electron chi connectivity index (χ4n) is 2.34. The molecule has 2 aromatic rings. The van der Waals surface area contributed by atoms with Crippen LogP contribution < -0.4 is 11.1 Å². The highest BCUT2D eigenvalue weighted by atomic mass is 35.5. The zero-order valence-corrected chi connectivity index (χ0v) is 15.4. The lowest BCUT2D eigenvalue weighted by Crippen LogP contribution is -2.44. The van der Waals surface area contributed by atoms with E-state index in [1.807, 2.05) is 30.3 Å². The lowest BCUT2D eigenvalue weighted by molar-refractivity contribution is -0.145. The molecule has 0 radical (unpaired) electrons. The molecule has 0 bridgehead atoms. The van der Waals surface area contributed by atoms with Crippen molar-refractivity contribution in [1.29, 1.82) is 0 Å². The predicted octanol–water partition coefficient (Wildman–Crippen LogP) is 1.98. The van der Waals surface area contributed by atoms with Gasteiger partial charge in [-0.15, -0.1) is 0 Å². The third-order valence-electron chi connectivity index (χ3n) is 3.67. The molecule has 2 rings (SSSR count). The standard InChI is InChI=1S/C19H19ClN2O5/c1-26-19(25)16(9-12-5-3-2-4-6-12)22-17(23)11-27-18(24)14-10-13(20)7-8-15(14)21/h2-8,10,16H,9,11,21H2,1H3,(H,22,23)/t16-/m1/s1. The number of nitrogens with two attached hydrogens (primary N) is 1. The van der Waals surface area contributed by atoms with Gasteiger partial charge < -0.3 is 20.5 Å². The fourth-order valence-corrected chi connectivity index (χ4v) is 2.51. The maximum absolute atomic E-state index is 12.1. The average molecular weight is 391 g/mol. The van der Waals surface area contributed by atoms with Crippen molar-refractivity contribution < 1.29 is 23.9 Å². The average Bonchev–Trinajstić information content (AvgIpc) is 2.67. The van der Waals surface area contributed by atoms with Gasteiger partial charge in [-0.25, -0.2) is 9.59 Å². The highest BCUT2D eigenvalue weighted by molar-refractivity contribution is 6.31. The number of halogens is 1. The number of carbonyl (C=O) groups excluding carboxylic acids is 3. The second kappa shape index (κ2) is 9.59. The van der Waals surface area contributed by atoms with Gasteiger partial charge >= 0.3 is 11.9 Å². The topological polar surface area (TPSA) is 108 Å². The molecule has 8 heteroatoms. The number of amides is 1. The SMILES string of the molecule is COC(=O)[C@@H](Cc1ccccc1)NC(=O)COC(=O)c1cc(Cl)ccc1N. The lowest BCUT2D eigenvalue weighted by atomic mass is 10.1. The summed E-state index contributed by atoms with van der Waals surface area (Å²) in [7, 11) is 1.23. The molecule has 0 aromatic heterocycles. The number of methoxy groups -OCH3 is 1. The van der Waals surface area contributed by atoms with Crippen LogP contribution >= 0.6 is 11.6 Å². The van der Waals surface area contributed by atoms with Crippen LogP contribution in [0.2, 0.25) is 5.02 Å². The minimum atomic E-state index is -0.903. The first-order valence-corrected chi connectivity index (χ1v) is 8.41. The van der Waals surface area contributed by atoms with Crippen molar-refractivity contribution in [3.05, 3.63) is 64.7 Å². The summed E-state index contributed by atoms with van der Waals surface area (Å²) in [5, 5.41) is 2.82. The number of hydrogen-bond acceptors (Lipinski definition) is 6. The first kappa shape index (κ1) is 20.3. The van der Waals surface area contributed by atoms with Crippen LogP contribution in [-0.2, 0) is 25.5 Å². The maximum Gasteiger partial charge on any atom is 0.340 e. The van der Waals surface area contributed by atoms with Crippen molar-refractivity contribution in [3.63, 3.8) is 0 Å². The summed E-state index contributed by atoms with van der Waals surface area (Å²) in [6.07, 6.45) is 0.244. The Morgan fingerprint density at radius 1 is 1.15 bits per heavy atom. The number of esters is 2. The molecule has 0 unspecified atom stereocenters. The first-order valence-electron chi connectivity index (χ1n) is 8.04. The van der Waals surface area contributed by atoms with E-state index in [2.05, 4.69) is 5.32 Å². The van der Waals surface area contributed by atoms with Gasteiger partial charge in [-0.05, 0) is 23.8 Å². The summed E-state index contributed by atoms with van der Waals surface area (Å²) in [6.45, 7) is -0.576. The quantitative estimate of drug-likeness (QED) is 0.553. The third kappa shape index (κ3) is 6.00. The van der Waals surface area contributed by atoms with Crippen molar-refractivity contribution in [1.82, 2.24) is 5.32 Å². The summed E-state index contributed by atoms with van der Waals surface area (Å²) < 4.78 is 9.67. The van der Waals surface area contributed by atoms with Crippen molar-refractivity contribution in [2.24, 2.45) is 0 Å². The molecule has 3 N–H and O–H groups in total. The van der Waals surface area contributed by atoms with Gasteiger partial charge in [-0.1, -0.05) is 41.9 Å². The van der Waals surface area contributed by atoms with Crippen LogP contribution in [0.3, 0.4) is 0 Å². The van der Waals surface area contributed by atoms with Crippen LogP contribution in [0.1, 0.15) is 15.9 Å². The number of ether oxygens (including phenoxy) is 2. The largest absolute Gasteiger partial charge is 0.467 e. The molecule has 0 aliphatic rings.